The Hall–Kier alpha value is -9.13. The molecule has 0 aliphatic carbocycles. The summed E-state index contributed by atoms with van der Waals surface area (Å²) in [5, 5.41) is 21.6. The number of nitrogens with two attached hydrogens (primary N) is 1. The van der Waals surface area contributed by atoms with Gasteiger partial charge in [-0.15, -0.1) is 0 Å². The number of likely N-dealkylation sites (N-methyl/N-ethyl adjacent to an activating group) is 1. The molecule has 514 valence electrons. The Morgan fingerprint density at radius 1 is 0.737 bits per heavy atom. The predicted molar refractivity (Wildman–Crippen MR) is 355 cm³/mol. The van der Waals surface area contributed by atoms with E-state index in [0.717, 1.165) is 5.56 Å². The summed E-state index contributed by atoms with van der Waals surface area (Å²) in [7, 11) is 3.28. The van der Waals surface area contributed by atoms with Crippen LogP contribution in [-0.4, -0.2) is 211 Å². The van der Waals surface area contributed by atoms with Crippen molar-refractivity contribution in [3.63, 3.8) is 0 Å². The molecule has 95 heavy (non-hydrogen) atoms. The Kier molecular flexibility index (Phi) is 26.3. The third kappa shape index (κ3) is 19.3. The molecule has 3 atom stereocenters. The number of methoxy groups -OCH3 is 1. The van der Waals surface area contributed by atoms with E-state index < -0.39 is 53.8 Å². The smallest absolute Gasteiger partial charge is 0.415 e. The normalized spacial score (nSPS) is 14.6. The number of piperazine rings is 1. The number of H-pyrrole nitrogens is 2. The van der Waals surface area contributed by atoms with Crippen LogP contribution in [-0.2, 0) is 42.9 Å². The maximum absolute atomic E-state index is 14.7. The highest BCUT2D eigenvalue weighted by Crippen LogP contribution is 2.49. The number of aryl methyl sites for hydroxylation is 1. The number of urea groups is 1. The molecule has 2 aliphatic rings. The minimum atomic E-state index is -1.08. The molecule has 8 rings (SSSR count). The zero-order valence-electron chi connectivity index (χ0n) is 55.0. The number of hydrogen-bond acceptors (Lipinski definition) is 18. The molecular weight excluding hydrogens is 1230 g/mol. The van der Waals surface area contributed by atoms with E-state index in [9.17, 15) is 43.2 Å². The van der Waals surface area contributed by atoms with Gasteiger partial charge >= 0.3 is 18.1 Å². The van der Waals surface area contributed by atoms with Crippen LogP contribution in [0.4, 0.5) is 26.7 Å². The minimum Gasteiger partial charge on any atom is -0.465 e. The van der Waals surface area contributed by atoms with Crippen molar-refractivity contribution in [1.29, 1.82) is 0 Å². The number of anilines is 3. The van der Waals surface area contributed by atoms with Gasteiger partial charge in [0.25, 0.3) is 11.8 Å². The number of esters is 1. The van der Waals surface area contributed by atoms with Gasteiger partial charge in [-0.25, -0.2) is 14.4 Å². The first kappa shape index (κ1) is 71.7. The van der Waals surface area contributed by atoms with Crippen molar-refractivity contribution in [3.05, 3.63) is 82.9 Å². The molecule has 0 bridgehead atoms. The van der Waals surface area contributed by atoms with Gasteiger partial charge < -0.3 is 100 Å². The van der Waals surface area contributed by atoms with Gasteiger partial charge in [-0.05, 0) is 81.1 Å². The zero-order valence-corrected chi connectivity index (χ0v) is 55.0. The van der Waals surface area contributed by atoms with E-state index in [1.807, 2.05) is 27.8 Å². The van der Waals surface area contributed by atoms with E-state index in [1.165, 1.54) is 7.11 Å². The van der Waals surface area contributed by atoms with Crippen LogP contribution in [0.15, 0.2) is 59.0 Å². The number of para-hydroxylation sites is 1. The molecule has 2 aliphatic heterocycles. The van der Waals surface area contributed by atoms with Crippen LogP contribution >= 0.6 is 0 Å². The van der Waals surface area contributed by atoms with Crippen LogP contribution in [0, 0.1) is 12.8 Å². The molecule has 3 aromatic heterocycles. The molecular formula is C66H89N13O16. The number of furan rings is 1. The predicted octanol–water partition coefficient (Wildman–Crippen LogP) is 5.23. The molecule has 1 saturated heterocycles. The van der Waals surface area contributed by atoms with Crippen molar-refractivity contribution >= 4 is 103 Å². The first-order valence-electron chi connectivity index (χ1n) is 32.2. The van der Waals surface area contributed by atoms with E-state index >= 15 is 0 Å². The number of benzene rings is 3. The number of hydrogen-bond donors (Lipinski definition) is 10. The Morgan fingerprint density at radius 3 is 2.13 bits per heavy atom. The molecule has 1 unspecified atom stereocenters. The fourth-order valence-corrected chi connectivity index (χ4v) is 11.3. The second-order valence-corrected chi connectivity index (χ2v) is 23.5. The quantitative estimate of drug-likeness (QED) is 0.0180. The lowest BCUT2D eigenvalue weighted by Gasteiger charge is -2.31. The molecule has 29 heteroatoms. The third-order valence-electron chi connectivity index (χ3n) is 16.4. The van der Waals surface area contributed by atoms with E-state index in [-0.39, 0.29) is 98.5 Å². The molecule has 0 saturated carbocycles. The van der Waals surface area contributed by atoms with E-state index in [0.29, 0.717) is 147 Å². The summed E-state index contributed by atoms with van der Waals surface area (Å²) >= 11 is 0. The summed E-state index contributed by atoms with van der Waals surface area (Å²) in [5.41, 5.74) is 9.40. The van der Waals surface area contributed by atoms with Crippen LogP contribution < -0.4 is 52.6 Å². The van der Waals surface area contributed by atoms with Crippen molar-refractivity contribution in [2.75, 3.05) is 141 Å². The molecule has 0 spiro atoms. The Bertz CT molecular complexity index is 3690. The first-order valence-corrected chi connectivity index (χ1v) is 32.2. The zero-order chi connectivity index (χ0) is 68.1. The Morgan fingerprint density at radius 2 is 1.44 bits per heavy atom. The lowest BCUT2D eigenvalue weighted by molar-refractivity contribution is -0.128. The van der Waals surface area contributed by atoms with Crippen LogP contribution in [0.1, 0.15) is 108 Å². The highest BCUT2D eigenvalue weighted by atomic mass is 16.6. The molecule has 11 N–H and O–H groups in total. The van der Waals surface area contributed by atoms with Gasteiger partial charge in [-0.2, -0.15) is 0 Å². The van der Waals surface area contributed by atoms with Crippen LogP contribution in [0.2, 0.25) is 0 Å². The monoisotopic (exact) mass is 1320 g/mol. The third-order valence-corrected chi connectivity index (χ3v) is 16.4. The molecule has 0 radical (unpaired) electrons. The van der Waals surface area contributed by atoms with Gasteiger partial charge in [0, 0.05) is 111 Å². The van der Waals surface area contributed by atoms with Crippen molar-refractivity contribution < 1.29 is 76.0 Å². The first-order chi connectivity index (χ1) is 45.8. The number of nitrogens with one attached hydrogen (secondary N) is 9. The van der Waals surface area contributed by atoms with Gasteiger partial charge in [0.2, 0.25) is 23.6 Å². The average molecular weight is 1320 g/mol. The minimum absolute atomic E-state index is 0.00833. The summed E-state index contributed by atoms with van der Waals surface area (Å²) in [4.78, 5) is 131. The fraction of sp³-hybridized carbons (Fsp3) is 0.500. The van der Waals surface area contributed by atoms with Crippen molar-refractivity contribution in [2.45, 2.75) is 84.7 Å². The fourth-order valence-electron chi connectivity index (χ4n) is 11.3. The number of primary amides is 1. The molecule has 29 nitrogen and oxygen atoms in total. The number of nitrogens with zero attached hydrogens (tertiary/aromatic N) is 3. The highest BCUT2D eigenvalue weighted by molar-refractivity contribution is 6.15. The van der Waals surface area contributed by atoms with Gasteiger partial charge in [0.15, 0.2) is 11.5 Å². The highest BCUT2D eigenvalue weighted by Gasteiger charge is 2.39. The van der Waals surface area contributed by atoms with E-state index in [2.05, 4.69) is 52.1 Å². The van der Waals surface area contributed by atoms with Gasteiger partial charge in [-0.3, -0.25) is 28.8 Å². The number of carbonyl (C=O) groups is 9. The summed E-state index contributed by atoms with van der Waals surface area (Å²) in [6.45, 7) is 15.6. The SMILES string of the molecule is CCC(=O)NCCOCCOCCOCCOCCC(=O)NCCN[C@@H](C(=O)N[C@H](CCCNC(N)=O)C(=O)Nc1cccc2cc(C(=O)Nc3ccc4oc(C(=O)N5CC(CC)c6c5cc(OC(=O)N5CCN(C)CC5)c5[nH]c(C)c(C(=O)OC)c65)cc4c3)[nH]c12)C(C)C. The lowest BCUT2D eigenvalue weighted by Crippen LogP contribution is -2.54. The maximum atomic E-state index is 14.7. The second kappa shape index (κ2) is 34.9. The number of ether oxygens (including phenoxy) is 6. The average Bonchev–Trinajstić information content (AvgIpc) is 1.57. The number of rotatable bonds is 35. The Labute approximate surface area is 550 Å². The van der Waals surface area contributed by atoms with Gasteiger partial charge in [0.05, 0.1) is 94.0 Å². The summed E-state index contributed by atoms with van der Waals surface area (Å²) in [6, 6.07) is 12.4. The molecule has 3 aromatic carbocycles. The van der Waals surface area contributed by atoms with Gasteiger partial charge in [0.1, 0.15) is 17.3 Å². The van der Waals surface area contributed by atoms with Gasteiger partial charge in [-0.1, -0.05) is 39.8 Å². The topological polar surface area (TPSA) is 374 Å². The van der Waals surface area contributed by atoms with Crippen LogP contribution in [0.25, 0.3) is 32.8 Å². The molecule has 6 aromatic rings. The molecule has 1 fully saturated rings. The number of carbonyl (C=O) groups excluding carboxylic acids is 9. The molecule has 5 heterocycles. The second-order valence-electron chi connectivity index (χ2n) is 23.5. The van der Waals surface area contributed by atoms with Crippen LogP contribution in [0.5, 0.6) is 5.75 Å². The summed E-state index contributed by atoms with van der Waals surface area (Å²) < 4.78 is 39.4. The number of aromatic amines is 2. The summed E-state index contributed by atoms with van der Waals surface area (Å²) in [6.07, 6.45) is 0.997. The standard InChI is InChI=1S/C66H89N13O16/c1-8-41-38-79(48-37-50(95-66(88)78-24-22-77(6)23-25-78)59-56(55(41)48)54(40(5)72-59)64(86)89-7)63(85)51-36-43-34-44(15-16-49(43)94-51)73-61(83)47-35-42-12-10-13-45(58(42)74-47)75-60(82)46(14-11-18-71-65(67)87)76-62(84)57(39(3)4)70-20-19-68-53(81)17-26-90-28-30-92-32-33-93-31-29-91-27-21-69-52(80)9-2/h10,12-13,15-16,34-37,39,41,46,57,70,72,74H,8-9,11,14,17-33,38H2,1-7H3,(H,68,81)(H,69,80)(H,73,83)(H,75,82)(H,76,84)(H3,67,71,87)/t41?,46-,57-/m1/s1. The number of amides is 9. The van der Waals surface area contributed by atoms with E-state index in [4.69, 9.17) is 38.6 Å². The number of fused-ring (bicyclic) bond motifs is 5. The van der Waals surface area contributed by atoms with E-state index in [1.54, 1.807) is 78.2 Å². The van der Waals surface area contributed by atoms with Crippen molar-refractivity contribution in [1.82, 2.24) is 46.4 Å². The summed E-state index contributed by atoms with van der Waals surface area (Å²) in [5.74, 6) is -3.15. The Balaban J connectivity index is 0.850. The lowest BCUT2D eigenvalue weighted by atomic mass is 9.93. The maximum Gasteiger partial charge on any atom is 0.415 e. The largest absolute Gasteiger partial charge is 0.465 e. The molecule has 9 amide bonds. The van der Waals surface area contributed by atoms with Crippen molar-refractivity contribution in [2.24, 2.45) is 11.7 Å². The van der Waals surface area contributed by atoms with Crippen molar-refractivity contribution in [3.8, 4) is 5.75 Å². The van der Waals surface area contributed by atoms with Crippen LogP contribution in [0.3, 0.4) is 0 Å². The number of aromatic nitrogens is 2.